The summed E-state index contributed by atoms with van der Waals surface area (Å²) in [7, 11) is -4.11. The lowest BCUT2D eigenvalue weighted by molar-refractivity contribution is 0.0951. The Bertz CT molecular complexity index is 706. The van der Waals surface area contributed by atoms with Gasteiger partial charge in [-0.2, -0.15) is 0 Å². The molecule has 1 fully saturated rings. The third-order valence-corrected chi connectivity index (χ3v) is 5.68. The highest BCUT2D eigenvalue weighted by atomic mass is 35.5. The smallest absolute Gasteiger partial charge is 0.254 e. The maximum Gasteiger partial charge on any atom is 0.254 e. The Morgan fingerprint density at radius 2 is 1.95 bits per heavy atom. The lowest BCUT2D eigenvalue weighted by Gasteiger charge is -2.12. The van der Waals surface area contributed by atoms with E-state index in [1.165, 1.54) is 0 Å². The highest BCUT2D eigenvalue weighted by Gasteiger charge is 2.33. The second-order valence-electron chi connectivity index (χ2n) is 5.09. The van der Waals surface area contributed by atoms with Crippen molar-refractivity contribution in [3.05, 3.63) is 26.7 Å². The summed E-state index contributed by atoms with van der Waals surface area (Å²) in [5.74, 6) is 0.412. The Morgan fingerprint density at radius 1 is 1.38 bits per heavy atom. The largest absolute Gasteiger partial charge is 0.352 e. The van der Waals surface area contributed by atoms with Gasteiger partial charge < -0.3 is 5.32 Å². The molecule has 116 valence electrons. The average molecular weight is 372 g/mol. The molecule has 1 aliphatic carbocycles. The number of primary sulfonamides is 1. The Kier molecular flexibility index (Phi) is 4.75. The maximum absolute atomic E-state index is 12.2. The Morgan fingerprint density at radius 3 is 2.43 bits per heavy atom. The van der Waals surface area contributed by atoms with Crippen LogP contribution in [0.15, 0.2) is 11.0 Å². The van der Waals surface area contributed by atoms with Crippen molar-refractivity contribution >= 4 is 50.7 Å². The molecule has 2 atom stereocenters. The number of amides is 1. The SMILES string of the molecule is CC1CC1CNC(=O)c1c(Cl)c(Cl)cc(S(N)(=O)=O)c1Cl. The van der Waals surface area contributed by atoms with Gasteiger partial charge in [0.05, 0.1) is 20.6 Å². The minimum atomic E-state index is -4.11. The van der Waals surface area contributed by atoms with Crippen LogP contribution < -0.4 is 10.5 Å². The maximum atomic E-state index is 12.2. The molecule has 0 saturated heterocycles. The molecular formula is C12H13Cl3N2O3S. The highest BCUT2D eigenvalue weighted by molar-refractivity contribution is 7.89. The van der Waals surface area contributed by atoms with Gasteiger partial charge in [-0.1, -0.05) is 41.7 Å². The number of carbonyl (C=O) groups is 1. The van der Waals surface area contributed by atoms with Gasteiger partial charge in [-0.05, 0) is 24.3 Å². The number of rotatable bonds is 4. The van der Waals surface area contributed by atoms with E-state index in [2.05, 4.69) is 12.2 Å². The van der Waals surface area contributed by atoms with Crippen LogP contribution in [0.25, 0.3) is 0 Å². The zero-order chi connectivity index (χ0) is 15.9. The number of nitrogens with two attached hydrogens (primary N) is 1. The normalized spacial score (nSPS) is 21.2. The van der Waals surface area contributed by atoms with Crippen LogP contribution in [0.4, 0.5) is 0 Å². The Balaban J connectivity index is 2.37. The molecule has 9 heteroatoms. The molecule has 1 amide bonds. The monoisotopic (exact) mass is 370 g/mol. The number of benzene rings is 1. The van der Waals surface area contributed by atoms with Crippen LogP contribution in [-0.4, -0.2) is 20.9 Å². The van der Waals surface area contributed by atoms with Gasteiger partial charge in [0.2, 0.25) is 10.0 Å². The van der Waals surface area contributed by atoms with Crippen molar-refractivity contribution in [3.63, 3.8) is 0 Å². The fourth-order valence-electron chi connectivity index (χ4n) is 1.98. The molecule has 2 unspecified atom stereocenters. The van der Waals surface area contributed by atoms with Crippen LogP contribution in [0, 0.1) is 11.8 Å². The van der Waals surface area contributed by atoms with E-state index in [9.17, 15) is 13.2 Å². The summed E-state index contributed by atoms with van der Waals surface area (Å²) < 4.78 is 22.9. The lowest BCUT2D eigenvalue weighted by Crippen LogP contribution is -2.27. The van der Waals surface area contributed by atoms with Crippen molar-refractivity contribution in [2.75, 3.05) is 6.54 Å². The predicted molar refractivity (Wildman–Crippen MR) is 82.4 cm³/mol. The molecule has 0 spiro atoms. The first-order chi connectivity index (χ1) is 9.62. The van der Waals surface area contributed by atoms with E-state index in [4.69, 9.17) is 39.9 Å². The molecule has 1 aromatic carbocycles. The van der Waals surface area contributed by atoms with Gasteiger partial charge in [-0.3, -0.25) is 4.79 Å². The number of sulfonamides is 1. The molecule has 3 N–H and O–H groups in total. The standard InChI is InChI=1S/C12H13Cl3N2O3S/c1-5-2-6(5)4-17-12(18)9-10(14)7(13)3-8(11(9)15)21(16,19)20/h3,5-6H,2,4H2,1H3,(H,17,18)(H2,16,19,20). The van der Waals surface area contributed by atoms with E-state index < -0.39 is 20.8 Å². The van der Waals surface area contributed by atoms with Crippen LogP contribution in [0.3, 0.4) is 0 Å². The van der Waals surface area contributed by atoms with Crippen LogP contribution in [-0.2, 0) is 10.0 Å². The van der Waals surface area contributed by atoms with Crippen molar-refractivity contribution in [3.8, 4) is 0 Å². The minimum Gasteiger partial charge on any atom is -0.352 e. The molecule has 0 heterocycles. The first-order valence-corrected chi connectivity index (χ1v) is 8.79. The molecule has 21 heavy (non-hydrogen) atoms. The predicted octanol–water partition coefficient (Wildman–Crippen LogP) is 2.68. The first-order valence-electron chi connectivity index (χ1n) is 6.11. The van der Waals surface area contributed by atoms with Gasteiger partial charge in [0.1, 0.15) is 4.90 Å². The van der Waals surface area contributed by atoms with Gasteiger partial charge in [0.25, 0.3) is 5.91 Å². The van der Waals surface area contributed by atoms with Crippen LogP contribution in [0.5, 0.6) is 0 Å². The van der Waals surface area contributed by atoms with Crippen molar-refractivity contribution in [1.82, 2.24) is 5.32 Å². The van der Waals surface area contributed by atoms with Gasteiger partial charge in [-0.25, -0.2) is 13.6 Å². The summed E-state index contributed by atoms with van der Waals surface area (Å²) in [6.07, 6.45) is 1.04. The summed E-state index contributed by atoms with van der Waals surface area (Å²) in [4.78, 5) is 11.8. The molecule has 1 aromatic rings. The van der Waals surface area contributed by atoms with Crippen molar-refractivity contribution < 1.29 is 13.2 Å². The van der Waals surface area contributed by atoms with Crippen molar-refractivity contribution in [1.29, 1.82) is 0 Å². The second-order valence-corrected chi connectivity index (χ2v) is 7.78. The van der Waals surface area contributed by atoms with Gasteiger partial charge >= 0.3 is 0 Å². The molecular weight excluding hydrogens is 359 g/mol. The van der Waals surface area contributed by atoms with Gasteiger partial charge in [0, 0.05) is 6.54 Å². The first kappa shape index (κ1) is 16.8. The van der Waals surface area contributed by atoms with Crippen LogP contribution in [0.2, 0.25) is 15.1 Å². The zero-order valence-corrected chi connectivity index (χ0v) is 14.1. The van der Waals surface area contributed by atoms with Crippen molar-refractivity contribution in [2.45, 2.75) is 18.2 Å². The molecule has 0 radical (unpaired) electrons. The molecule has 0 bridgehead atoms. The van der Waals surface area contributed by atoms with E-state index in [1.807, 2.05) is 0 Å². The van der Waals surface area contributed by atoms with Gasteiger partial charge in [-0.15, -0.1) is 0 Å². The van der Waals surface area contributed by atoms with E-state index in [1.54, 1.807) is 0 Å². The molecule has 0 aromatic heterocycles. The van der Waals surface area contributed by atoms with E-state index >= 15 is 0 Å². The summed E-state index contributed by atoms with van der Waals surface area (Å²) in [6, 6.07) is 1.03. The second kappa shape index (κ2) is 5.93. The summed E-state index contributed by atoms with van der Waals surface area (Å²) >= 11 is 17.8. The van der Waals surface area contributed by atoms with E-state index in [-0.39, 0.29) is 20.6 Å². The van der Waals surface area contributed by atoms with Crippen LogP contribution >= 0.6 is 34.8 Å². The van der Waals surface area contributed by atoms with Crippen LogP contribution in [0.1, 0.15) is 23.7 Å². The minimum absolute atomic E-state index is 0.101. The number of nitrogens with one attached hydrogen (secondary N) is 1. The fourth-order valence-corrected chi connectivity index (χ4v) is 3.73. The number of hydrogen-bond donors (Lipinski definition) is 2. The topological polar surface area (TPSA) is 89.3 Å². The number of carbonyl (C=O) groups excluding carboxylic acids is 1. The quantitative estimate of drug-likeness (QED) is 0.797. The summed E-state index contributed by atoms with van der Waals surface area (Å²) in [6.45, 7) is 2.55. The molecule has 1 saturated carbocycles. The lowest BCUT2D eigenvalue weighted by atomic mass is 10.2. The molecule has 2 rings (SSSR count). The third kappa shape index (κ3) is 3.63. The number of hydrogen-bond acceptors (Lipinski definition) is 3. The number of halogens is 3. The zero-order valence-electron chi connectivity index (χ0n) is 11.0. The van der Waals surface area contributed by atoms with E-state index in [0.717, 1.165) is 12.5 Å². The molecule has 0 aliphatic heterocycles. The van der Waals surface area contributed by atoms with Crippen molar-refractivity contribution in [2.24, 2.45) is 17.0 Å². The average Bonchev–Trinajstić information content (AvgIpc) is 3.06. The molecule has 1 aliphatic rings. The summed E-state index contributed by atoms with van der Waals surface area (Å²) in [5.41, 5.74) is -0.178. The summed E-state index contributed by atoms with van der Waals surface area (Å²) in [5, 5.41) is 7.20. The van der Waals surface area contributed by atoms with Gasteiger partial charge in [0.15, 0.2) is 0 Å². The molecule has 5 nitrogen and oxygen atoms in total. The fraction of sp³-hybridized carbons (Fsp3) is 0.417. The van der Waals surface area contributed by atoms with E-state index in [0.29, 0.717) is 18.4 Å². The Hall–Kier alpha value is -0.530. The highest BCUT2D eigenvalue weighted by Crippen LogP contribution is 2.38. The Labute approximate surface area is 137 Å². The third-order valence-electron chi connectivity index (χ3n) is 3.46.